The second-order valence-electron chi connectivity index (χ2n) is 11.0. The number of fused-ring (bicyclic) bond motifs is 1. The van der Waals surface area contributed by atoms with Gasteiger partial charge in [-0.15, -0.1) is 0 Å². The zero-order valence-corrected chi connectivity index (χ0v) is 22.2. The third kappa shape index (κ3) is 6.17. The van der Waals surface area contributed by atoms with Crippen LogP contribution in [0.1, 0.15) is 76.1 Å². The van der Waals surface area contributed by atoms with Gasteiger partial charge in [-0.05, 0) is 86.7 Å². The summed E-state index contributed by atoms with van der Waals surface area (Å²) >= 11 is 5.59. The molecule has 0 saturated heterocycles. The molecule has 184 valence electrons. The highest BCUT2D eigenvalue weighted by atomic mass is 32.1. The minimum absolute atomic E-state index is 0.155. The van der Waals surface area contributed by atoms with E-state index in [9.17, 15) is 0 Å². The summed E-state index contributed by atoms with van der Waals surface area (Å²) in [5.74, 6) is 1.87. The minimum atomic E-state index is 0.155. The Balaban J connectivity index is 1.27. The number of benzene rings is 1. The fourth-order valence-corrected chi connectivity index (χ4v) is 5.26. The number of rotatable bonds is 5. The molecule has 0 unspecified atom stereocenters. The smallest absolute Gasteiger partial charge is 0.225 e. The lowest BCUT2D eigenvalue weighted by atomic mass is 9.87. The number of hydrogen-bond donors (Lipinski definition) is 3. The van der Waals surface area contributed by atoms with Gasteiger partial charge in [0.15, 0.2) is 5.11 Å². The molecule has 34 heavy (non-hydrogen) atoms. The second-order valence-corrected chi connectivity index (χ2v) is 11.4. The molecule has 6 nitrogen and oxygen atoms in total. The summed E-state index contributed by atoms with van der Waals surface area (Å²) in [5.41, 5.74) is 5.08. The van der Waals surface area contributed by atoms with Crippen LogP contribution in [0.3, 0.4) is 0 Å². The van der Waals surface area contributed by atoms with Gasteiger partial charge < -0.3 is 20.9 Å². The molecule has 2 aromatic rings. The third-order valence-electron chi connectivity index (χ3n) is 6.99. The maximum Gasteiger partial charge on any atom is 0.225 e. The summed E-state index contributed by atoms with van der Waals surface area (Å²) in [4.78, 5) is 11.9. The zero-order valence-electron chi connectivity index (χ0n) is 21.4. The van der Waals surface area contributed by atoms with Gasteiger partial charge in [-0.3, -0.25) is 0 Å². The quantitative estimate of drug-likeness (QED) is 0.493. The molecule has 7 heteroatoms. The van der Waals surface area contributed by atoms with Crippen LogP contribution in [0.25, 0.3) is 0 Å². The molecular weight excluding hydrogens is 440 g/mol. The van der Waals surface area contributed by atoms with Gasteiger partial charge in [0.2, 0.25) is 5.95 Å². The molecule has 0 bridgehead atoms. The molecule has 1 aromatic heterocycles. The number of thiocarbonyl (C=S) groups is 1. The van der Waals surface area contributed by atoms with Crippen molar-refractivity contribution in [3.63, 3.8) is 0 Å². The van der Waals surface area contributed by atoms with Crippen LogP contribution in [0.15, 0.2) is 24.3 Å². The maximum absolute atomic E-state index is 5.59. The molecule has 4 rings (SSSR count). The molecule has 1 aromatic carbocycles. The molecule has 0 spiro atoms. The average molecular weight is 481 g/mol. The Bertz CT molecular complexity index is 987. The summed E-state index contributed by atoms with van der Waals surface area (Å²) < 4.78 is 0. The lowest BCUT2D eigenvalue weighted by Crippen LogP contribution is -2.42. The van der Waals surface area contributed by atoms with Crippen molar-refractivity contribution in [2.75, 3.05) is 29.6 Å². The highest BCUT2D eigenvalue weighted by molar-refractivity contribution is 7.80. The first-order valence-electron chi connectivity index (χ1n) is 12.7. The van der Waals surface area contributed by atoms with Gasteiger partial charge in [-0.2, -0.15) is 4.98 Å². The number of nitrogens with one attached hydrogen (secondary N) is 3. The van der Waals surface area contributed by atoms with E-state index in [2.05, 4.69) is 80.0 Å². The number of aryl methyl sites for hydroxylation is 1. The van der Waals surface area contributed by atoms with Crippen LogP contribution >= 0.6 is 12.2 Å². The van der Waals surface area contributed by atoms with Crippen LogP contribution < -0.4 is 20.9 Å². The van der Waals surface area contributed by atoms with E-state index in [1.165, 1.54) is 29.7 Å². The van der Waals surface area contributed by atoms with Crippen molar-refractivity contribution in [3.8, 4) is 0 Å². The molecular formula is C27H40N6S. The number of nitrogens with zero attached hydrogens (tertiary/aromatic N) is 3. The van der Waals surface area contributed by atoms with E-state index in [4.69, 9.17) is 22.2 Å². The Morgan fingerprint density at radius 3 is 2.24 bits per heavy atom. The molecule has 1 saturated carbocycles. The van der Waals surface area contributed by atoms with Crippen molar-refractivity contribution in [2.45, 2.75) is 89.6 Å². The van der Waals surface area contributed by atoms with Gasteiger partial charge in [0.05, 0.1) is 5.69 Å². The Morgan fingerprint density at radius 2 is 1.59 bits per heavy atom. The lowest BCUT2D eigenvalue weighted by molar-refractivity contribution is 0.387. The highest BCUT2D eigenvalue weighted by Crippen LogP contribution is 2.29. The molecule has 0 radical (unpaired) electrons. The Hall–Kier alpha value is -2.41. The Morgan fingerprint density at radius 1 is 0.941 bits per heavy atom. The first kappa shape index (κ1) is 24.7. The summed E-state index contributed by atoms with van der Waals surface area (Å²) in [5, 5.41) is 11.2. The monoisotopic (exact) mass is 480 g/mol. The molecule has 0 aliphatic heterocycles. The normalized spacial score (nSPS) is 20.3. The van der Waals surface area contributed by atoms with E-state index in [0.29, 0.717) is 17.2 Å². The predicted octanol–water partition coefficient (Wildman–Crippen LogP) is 5.43. The van der Waals surface area contributed by atoms with Crippen molar-refractivity contribution in [2.24, 2.45) is 0 Å². The third-order valence-corrected chi connectivity index (χ3v) is 7.21. The van der Waals surface area contributed by atoms with Crippen LogP contribution in [0, 0.1) is 0 Å². The van der Waals surface area contributed by atoms with Crippen LogP contribution in [0.2, 0.25) is 0 Å². The highest BCUT2D eigenvalue weighted by Gasteiger charge is 2.24. The lowest BCUT2D eigenvalue weighted by Gasteiger charge is -2.31. The van der Waals surface area contributed by atoms with Crippen LogP contribution in [-0.4, -0.2) is 41.3 Å². The van der Waals surface area contributed by atoms with Gasteiger partial charge in [-0.25, -0.2) is 4.98 Å². The average Bonchev–Trinajstić information content (AvgIpc) is 2.79. The van der Waals surface area contributed by atoms with E-state index in [1.807, 2.05) is 0 Å². The molecule has 0 atom stereocenters. The first-order chi connectivity index (χ1) is 16.2. The maximum atomic E-state index is 5.59. The van der Waals surface area contributed by atoms with Crippen molar-refractivity contribution in [1.29, 1.82) is 0 Å². The molecule has 2 aliphatic rings. The van der Waals surface area contributed by atoms with Gasteiger partial charge in [-0.1, -0.05) is 32.9 Å². The molecule has 1 fully saturated rings. The van der Waals surface area contributed by atoms with Crippen molar-refractivity contribution in [1.82, 2.24) is 15.3 Å². The van der Waals surface area contributed by atoms with Crippen molar-refractivity contribution in [3.05, 3.63) is 41.1 Å². The van der Waals surface area contributed by atoms with E-state index < -0.39 is 0 Å². The zero-order chi connectivity index (χ0) is 24.3. The minimum Gasteiger partial charge on any atom is -0.362 e. The molecule has 1 heterocycles. The Kier molecular flexibility index (Phi) is 7.60. The topological polar surface area (TPSA) is 65.1 Å². The van der Waals surface area contributed by atoms with E-state index in [1.54, 1.807) is 0 Å². The molecule has 0 amide bonds. The fraction of sp³-hybridized carbons (Fsp3) is 0.593. The first-order valence-corrected chi connectivity index (χ1v) is 13.1. The predicted molar refractivity (Wildman–Crippen MR) is 147 cm³/mol. The molecule has 2 aliphatic carbocycles. The van der Waals surface area contributed by atoms with Gasteiger partial charge in [0, 0.05) is 37.4 Å². The van der Waals surface area contributed by atoms with Gasteiger partial charge in [0.1, 0.15) is 5.82 Å². The van der Waals surface area contributed by atoms with Gasteiger partial charge >= 0.3 is 0 Å². The SMILES string of the molecule is CN(C)c1nc(NC2CCC(NC(=S)Nc3ccc(C(C)(C)C)cc3)CC2)nc2c1CCCC2. The summed E-state index contributed by atoms with van der Waals surface area (Å²) in [6.45, 7) is 6.68. The summed E-state index contributed by atoms with van der Waals surface area (Å²) in [6.07, 6.45) is 8.93. The summed E-state index contributed by atoms with van der Waals surface area (Å²) in [7, 11) is 4.15. The fourth-order valence-electron chi connectivity index (χ4n) is 4.98. The van der Waals surface area contributed by atoms with E-state index >= 15 is 0 Å². The van der Waals surface area contributed by atoms with Crippen LogP contribution in [0.4, 0.5) is 17.5 Å². The second kappa shape index (κ2) is 10.5. The van der Waals surface area contributed by atoms with E-state index in [0.717, 1.165) is 56.0 Å². The van der Waals surface area contributed by atoms with Crippen molar-refractivity contribution >= 4 is 34.8 Å². The Labute approximate surface area is 210 Å². The number of anilines is 3. The largest absolute Gasteiger partial charge is 0.362 e. The van der Waals surface area contributed by atoms with Crippen molar-refractivity contribution < 1.29 is 0 Å². The van der Waals surface area contributed by atoms with E-state index in [-0.39, 0.29) is 5.41 Å². The van der Waals surface area contributed by atoms with Crippen LogP contribution in [-0.2, 0) is 18.3 Å². The molecule has 3 N–H and O–H groups in total. The summed E-state index contributed by atoms with van der Waals surface area (Å²) in [6, 6.07) is 9.36. The standard InChI is InChI=1S/C27H40N6S/c1-27(2,3)18-10-12-20(13-11-18)29-26(34)30-21-16-14-19(15-17-21)28-25-31-23-9-7-6-8-22(23)24(32-25)33(4)5/h10-13,19,21H,6-9,14-17H2,1-5H3,(H,28,31,32)(H2,29,30,34). The number of hydrogen-bond acceptors (Lipinski definition) is 5. The van der Waals surface area contributed by atoms with Gasteiger partial charge in [0.25, 0.3) is 0 Å². The van der Waals surface area contributed by atoms with Crippen LogP contribution in [0.5, 0.6) is 0 Å². The number of aromatic nitrogens is 2.